The maximum absolute atomic E-state index is 13.1. The van der Waals surface area contributed by atoms with Crippen molar-refractivity contribution in [1.82, 2.24) is 9.80 Å². The molecule has 6 nitrogen and oxygen atoms in total. The second-order valence-electron chi connectivity index (χ2n) is 6.22. The first kappa shape index (κ1) is 20.2. The number of halogens is 4. The molecule has 2 aromatic carbocycles. The van der Waals surface area contributed by atoms with Crippen molar-refractivity contribution in [3.8, 4) is 0 Å². The topological polar surface area (TPSA) is 74.8 Å². The third kappa shape index (κ3) is 2.28. The fourth-order valence-corrected chi connectivity index (χ4v) is 5.99. The Morgan fingerprint density at radius 3 is 0.929 bits per heavy atom. The van der Waals surface area contributed by atoms with Crippen LogP contribution in [-0.2, 0) is 0 Å². The summed E-state index contributed by atoms with van der Waals surface area (Å²) in [6.45, 7) is 3.80. The van der Waals surface area contributed by atoms with E-state index in [9.17, 15) is 19.2 Å². The summed E-state index contributed by atoms with van der Waals surface area (Å²) in [6.07, 6.45) is 0. The molecule has 0 aromatic heterocycles. The lowest BCUT2D eigenvalue weighted by molar-refractivity contribution is 0.0595. The predicted octanol–water partition coefficient (Wildman–Crippen LogP) is 5.12. The van der Waals surface area contributed by atoms with E-state index >= 15 is 0 Å². The van der Waals surface area contributed by atoms with Crippen molar-refractivity contribution in [3.63, 3.8) is 0 Å². The Balaban J connectivity index is 2.35. The Kier molecular flexibility index (Phi) is 4.84. The largest absolute Gasteiger partial charge is 0.275 e. The Hall–Kier alpha value is -1.10. The zero-order chi connectivity index (χ0) is 20.7. The van der Waals surface area contributed by atoms with Crippen molar-refractivity contribution in [2.45, 2.75) is 13.8 Å². The molecule has 0 unspecified atom stereocenters. The van der Waals surface area contributed by atoms with E-state index in [0.29, 0.717) is 28.7 Å². The lowest BCUT2D eigenvalue weighted by atomic mass is 9.86. The molecule has 0 N–H and O–H groups in total. The number of nitrogens with zero attached hydrogens (tertiary/aromatic N) is 2. The standard InChI is InChI=1S/C18H10Br4N2O4/c1-3-23-15(25)7-5-6-9(13(21)11(7)19)17(27)24(4-2)18(28)10(6)14(22)12(20)8(5)16(23)26/h3-4H2,1-2H3. The Labute approximate surface area is 193 Å². The average molecular weight is 638 g/mol. The number of hydrogen-bond acceptors (Lipinski definition) is 4. The highest BCUT2D eigenvalue weighted by atomic mass is 79.9. The number of hydrogen-bond donors (Lipinski definition) is 0. The van der Waals surface area contributed by atoms with Crippen molar-refractivity contribution in [2.75, 3.05) is 13.1 Å². The minimum absolute atomic E-state index is 0.192. The van der Waals surface area contributed by atoms with Gasteiger partial charge in [0.1, 0.15) is 0 Å². The van der Waals surface area contributed by atoms with Gasteiger partial charge in [0.2, 0.25) is 0 Å². The fourth-order valence-electron chi connectivity index (χ4n) is 3.73. The smallest absolute Gasteiger partial charge is 0.262 e. The van der Waals surface area contributed by atoms with Gasteiger partial charge in [-0.15, -0.1) is 0 Å². The van der Waals surface area contributed by atoms with Gasteiger partial charge in [0.25, 0.3) is 23.6 Å². The van der Waals surface area contributed by atoms with Gasteiger partial charge in [-0.1, -0.05) is 0 Å². The molecule has 0 atom stereocenters. The molecule has 0 bridgehead atoms. The van der Waals surface area contributed by atoms with Crippen LogP contribution in [0, 0.1) is 0 Å². The van der Waals surface area contributed by atoms with Crippen molar-refractivity contribution >= 4 is 98.1 Å². The van der Waals surface area contributed by atoms with Crippen molar-refractivity contribution in [2.24, 2.45) is 0 Å². The molecule has 10 heteroatoms. The summed E-state index contributed by atoms with van der Waals surface area (Å²) in [5.41, 5.74) is 1.01. The van der Waals surface area contributed by atoms with Crippen LogP contribution in [0.5, 0.6) is 0 Å². The van der Waals surface area contributed by atoms with E-state index in [2.05, 4.69) is 63.7 Å². The lowest BCUT2D eigenvalue weighted by Crippen LogP contribution is -2.44. The summed E-state index contributed by atoms with van der Waals surface area (Å²) >= 11 is 13.7. The van der Waals surface area contributed by atoms with E-state index in [-0.39, 0.29) is 35.3 Å². The molecule has 2 aliphatic rings. The minimum atomic E-state index is -0.475. The third-order valence-electron chi connectivity index (χ3n) is 4.98. The van der Waals surface area contributed by atoms with Gasteiger partial charge in [-0.2, -0.15) is 0 Å². The second kappa shape index (κ2) is 6.72. The molecular formula is C18H10Br4N2O4. The normalized spacial score (nSPS) is 15.9. The van der Waals surface area contributed by atoms with Crippen LogP contribution in [0.4, 0.5) is 0 Å². The third-order valence-corrected chi connectivity index (χ3v) is 9.22. The number of rotatable bonds is 2. The Bertz CT molecular complexity index is 1000. The monoisotopic (exact) mass is 634 g/mol. The zero-order valence-corrected chi connectivity index (χ0v) is 20.8. The van der Waals surface area contributed by atoms with Gasteiger partial charge in [0.15, 0.2) is 0 Å². The van der Waals surface area contributed by atoms with Crippen molar-refractivity contribution in [3.05, 3.63) is 40.1 Å². The predicted molar refractivity (Wildman–Crippen MR) is 117 cm³/mol. The van der Waals surface area contributed by atoms with Crippen LogP contribution in [-0.4, -0.2) is 46.5 Å². The fraction of sp³-hybridized carbons (Fsp3) is 0.222. The van der Waals surface area contributed by atoms with Crippen LogP contribution in [0.25, 0.3) is 10.8 Å². The highest BCUT2D eigenvalue weighted by Crippen LogP contribution is 2.50. The van der Waals surface area contributed by atoms with Crippen LogP contribution in [0.15, 0.2) is 17.9 Å². The first-order valence-electron chi connectivity index (χ1n) is 8.26. The lowest BCUT2D eigenvalue weighted by Gasteiger charge is -2.34. The molecular weight excluding hydrogens is 628 g/mol. The molecule has 2 heterocycles. The first-order chi connectivity index (χ1) is 13.2. The van der Waals surface area contributed by atoms with E-state index in [4.69, 9.17) is 0 Å². The van der Waals surface area contributed by atoms with Crippen LogP contribution in [0.3, 0.4) is 0 Å². The maximum atomic E-state index is 13.1. The molecule has 2 aliphatic heterocycles. The quantitative estimate of drug-likeness (QED) is 0.429. The van der Waals surface area contributed by atoms with Gasteiger partial charge < -0.3 is 0 Å². The maximum Gasteiger partial charge on any atom is 0.262 e. The minimum Gasteiger partial charge on any atom is -0.275 e. The SMILES string of the molecule is CCN1C(=O)c2c(Br)c(Br)c3c4c(c(Br)c(Br)c(c24)C1=O)C(=O)N(CC)C3=O. The highest BCUT2D eigenvalue weighted by molar-refractivity contribution is 9.13. The molecule has 0 spiro atoms. The zero-order valence-electron chi connectivity index (χ0n) is 14.5. The summed E-state index contributed by atoms with van der Waals surface area (Å²) in [5.74, 6) is -1.90. The van der Waals surface area contributed by atoms with E-state index in [1.165, 1.54) is 0 Å². The highest BCUT2D eigenvalue weighted by Gasteiger charge is 2.44. The Morgan fingerprint density at radius 2 is 0.750 bits per heavy atom. The van der Waals surface area contributed by atoms with E-state index in [1.54, 1.807) is 13.8 Å². The summed E-state index contributed by atoms with van der Waals surface area (Å²) in [5, 5.41) is 0.625. The van der Waals surface area contributed by atoms with Crippen LogP contribution in [0.1, 0.15) is 55.3 Å². The van der Waals surface area contributed by atoms with E-state index in [1.807, 2.05) is 0 Å². The van der Waals surface area contributed by atoms with E-state index < -0.39 is 23.6 Å². The molecule has 0 radical (unpaired) electrons. The van der Waals surface area contributed by atoms with E-state index in [0.717, 1.165) is 9.80 Å². The molecule has 2 aromatic rings. The second-order valence-corrected chi connectivity index (χ2v) is 9.39. The number of imide groups is 2. The van der Waals surface area contributed by atoms with Gasteiger partial charge in [-0.3, -0.25) is 29.0 Å². The molecule has 4 amide bonds. The summed E-state index contributed by atoms with van der Waals surface area (Å²) in [7, 11) is 0. The summed E-state index contributed by atoms with van der Waals surface area (Å²) in [6, 6.07) is 0. The Morgan fingerprint density at radius 1 is 0.536 bits per heavy atom. The number of amides is 4. The number of benzene rings is 2. The molecule has 28 heavy (non-hydrogen) atoms. The molecule has 0 aliphatic carbocycles. The van der Waals surface area contributed by atoms with Crippen LogP contribution < -0.4 is 0 Å². The summed E-state index contributed by atoms with van der Waals surface area (Å²) in [4.78, 5) is 54.6. The molecule has 0 fully saturated rings. The molecule has 4 rings (SSSR count). The summed E-state index contributed by atoms with van der Waals surface area (Å²) < 4.78 is 1.52. The molecule has 144 valence electrons. The van der Waals surface area contributed by atoms with Gasteiger partial charge >= 0.3 is 0 Å². The van der Waals surface area contributed by atoms with Crippen molar-refractivity contribution < 1.29 is 19.2 Å². The van der Waals surface area contributed by atoms with Gasteiger partial charge in [0, 0.05) is 41.8 Å². The van der Waals surface area contributed by atoms with Crippen LogP contribution >= 0.6 is 63.7 Å². The molecule has 0 saturated carbocycles. The number of carbonyl (C=O) groups is 4. The first-order valence-corrected chi connectivity index (χ1v) is 11.4. The number of carbonyl (C=O) groups excluding carboxylic acids is 4. The van der Waals surface area contributed by atoms with Crippen LogP contribution in [0.2, 0.25) is 0 Å². The van der Waals surface area contributed by atoms with Gasteiger partial charge in [0.05, 0.1) is 22.3 Å². The van der Waals surface area contributed by atoms with Gasteiger partial charge in [-0.05, 0) is 77.6 Å². The van der Waals surface area contributed by atoms with Gasteiger partial charge in [-0.25, -0.2) is 0 Å². The average Bonchev–Trinajstić information content (AvgIpc) is 2.64. The van der Waals surface area contributed by atoms with Crippen molar-refractivity contribution in [1.29, 1.82) is 0 Å². The molecule has 0 saturated heterocycles.